The van der Waals surface area contributed by atoms with Gasteiger partial charge in [0.2, 0.25) is 0 Å². The lowest BCUT2D eigenvalue weighted by molar-refractivity contribution is 0.618. The van der Waals surface area contributed by atoms with Crippen LogP contribution >= 0.6 is 0 Å². The van der Waals surface area contributed by atoms with Gasteiger partial charge in [-0.3, -0.25) is 4.98 Å². The number of aromatic nitrogens is 2. The van der Waals surface area contributed by atoms with E-state index in [1.54, 1.807) is 6.20 Å². The third kappa shape index (κ3) is 4.30. The lowest BCUT2D eigenvalue weighted by Gasteiger charge is -2.27. The molecule has 1 rings (SSSR count). The normalized spacial score (nSPS) is 10.9. The summed E-state index contributed by atoms with van der Waals surface area (Å²) in [5.41, 5.74) is 6.36. The lowest BCUT2D eigenvalue weighted by Crippen LogP contribution is -2.32. The van der Waals surface area contributed by atoms with Gasteiger partial charge >= 0.3 is 0 Å². The van der Waals surface area contributed by atoms with Crippen molar-refractivity contribution in [2.45, 2.75) is 52.6 Å². The van der Waals surface area contributed by atoms with Crippen LogP contribution in [0.1, 0.15) is 45.7 Å². The SMILES string of the molecule is CCCCCN(c1cnc(CN)cn1)C(C)C. The first-order chi connectivity index (χ1) is 8.19. The van der Waals surface area contributed by atoms with Crippen molar-refractivity contribution in [1.82, 2.24) is 9.97 Å². The molecule has 0 aromatic carbocycles. The number of anilines is 1. The highest BCUT2D eigenvalue weighted by atomic mass is 15.2. The minimum absolute atomic E-state index is 0.449. The lowest BCUT2D eigenvalue weighted by atomic mass is 10.2. The molecule has 0 aliphatic carbocycles. The van der Waals surface area contributed by atoms with E-state index in [1.165, 1.54) is 19.3 Å². The first-order valence-corrected chi connectivity index (χ1v) is 6.46. The Kier molecular flexibility index (Phi) is 5.91. The summed E-state index contributed by atoms with van der Waals surface area (Å²) in [7, 11) is 0. The molecule has 4 heteroatoms. The van der Waals surface area contributed by atoms with Gasteiger partial charge in [0.1, 0.15) is 5.82 Å². The first-order valence-electron chi connectivity index (χ1n) is 6.46. The predicted octanol–water partition coefficient (Wildman–Crippen LogP) is 2.34. The number of hydrogen-bond donors (Lipinski definition) is 1. The predicted molar refractivity (Wildman–Crippen MR) is 71.9 cm³/mol. The van der Waals surface area contributed by atoms with Gasteiger partial charge in [-0.1, -0.05) is 19.8 Å². The highest BCUT2D eigenvalue weighted by Gasteiger charge is 2.11. The summed E-state index contributed by atoms with van der Waals surface area (Å²) in [6.45, 7) is 8.08. The van der Waals surface area contributed by atoms with Crippen LogP contribution in [-0.2, 0) is 6.54 Å². The number of nitrogens with two attached hydrogens (primary N) is 1. The second-order valence-corrected chi connectivity index (χ2v) is 4.56. The van der Waals surface area contributed by atoms with Gasteiger partial charge in [0.05, 0.1) is 18.1 Å². The van der Waals surface area contributed by atoms with Crippen LogP contribution in [0.4, 0.5) is 5.82 Å². The van der Waals surface area contributed by atoms with Gasteiger partial charge in [0.25, 0.3) is 0 Å². The summed E-state index contributed by atoms with van der Waals surface area (Å²) in [5.74, 6) is 0.952. The highest BCUT2D eigenvalue weighted by Crippen LogP contribution is 2.14. The van der Waals surface area contributed by atoms with E-state index in [-0.39, 0.29) is 0 Å². The van der Waals surface area contributed by atoms with Gasteiger partial charge < -0.3 is 10.6 Å². The molecule has 0 saturated carbocycles. The molecule has 0 unspecified atom stereocenters. The molecule has 0 atom stereocenters. The highest BCUT2D eigenvalue weighted by molar-refractivity contribution is 5.36. The van der Waals surface area contributed by atoms with Gasteiger partial charge in [-0.15, -0.1) is 0 Å². The fourth-order valence-corrected chi connectivity index (χ4v) is 1.77. The van der Waals surface area contributed by atoms with E-state index in [0.29, 0.717) is 12.6 Å². The maximum Gasteiger partial charge on any atom is 0.147 e. The number of rotatable bonds is 7. The Morgan fingerprint density at radius 2 is 2.00 bits per heavy atom. The molecule has 0 saturated heterocycles. The van der Waals surface area contributed by atoms with Crippen LogP contribution in [0.3, 0.4) is 0 Å². The summed E-state index contributed by atoms with van der Waals surface area (Å²) < 4.78 is 0. The van der Waals surface area contributed by atoms with E-state index in [4.69, 9.17) is 5.73 Å². The third-order valence-corrected chi connectivity index (χ3v) is 2.82. The number of hydrogen-bond acceptors (Lipinski definition) is 4. The average Bonchev–Trinajstić information content (AvgIpc) is 2.34. The molecule has 1 heterocycles. The molecule has 2 N–H and O–H groups in total. The van der Waals surface area contributed by atoms with E-state index in [1.807, 2.05) is 6.20 Å². The molecular formula is C13H24N4. The van der Waals surface area contributed by atoms with Crippen molar-refractivity contribution >= 4 is 5.82 Å². The van der Waals surface area contributed by atoms with Gasteiger partial charge in [-0.05, 0) is 20.3 Å². The molecule has 0 bridgehead atoms. The molecule has 17 heavy (non-hydrogen) atoms. The Balaban J connectivity index is 2.68. The molecule has 0 radical (unpaired) electrons. The summed E-state index contributed by atoms with van der Waals surface area (Å²) in [6.07, 6.45) is 7.30. The van der Waals surface area contributed by atoms with Gasteiger partial charge in [0.15, 0.2) is 0 Å². The van der Waals surface area contributed by atoms with Gasteiger partial charge in [-0.25, -0.2) is 4.98 Å². The maximum atomic E-state index is 5.52. The Hall–Kier alpha value is -1.16. The van der Waals surface area contributed by atoms with Crippen LogP contribution in [0.5, 0.6) is 0 Å². The smallest absolute Gasteiger partial charge is 0.147 e. The quantitative estimate of drug-likeness (QED) is 0.738. The molecule has 0 aliphatic heterocycles. The number of nitrogens with zero attached hydrogens (tertiary/aromatic N) is 3. The molecule has 1 aromatic rings. The largest absolute Gasteiger partial charge is 0.353 e. The summed E-state index contributed by atoms with van der Waals surface area (Å²) in [6, 6.07) is 0.449. The molecule has 96 valence electrons. The van der Waals surface area contributed by atoms with Crippen molar-refractivity contribution < 1.29 is 0 Å². The van der Waals surface area contributed by atoms with Crippen LogP contribution in [0, 0.1) is 0 Å². The molecule has 0 fully saturated rings. The second kappa shape index (κ2) is 7.22. The van der Waals surface area contributed by atoms with Gasteiger partial charge in [0, 0.05) is 19.1 Å². The van der Waals surface area contributed by atoms with Crippen LogP contribution in [0.2, 0.25) is 0 Å². The van der Waals surface area contributed by atoms with Crippen molar-refractivity contribution in [2.75, 3.05) is 11.4 Å². The summed E-state index contributed by atoms with van der Waals surface area (Å²) >= 11 is 0. The Labute approximate surface area is 104 Å². The van der Waals surface area contributed by atoms with Crippen LogP contribution < -0.4 is 10.6 Å². The van der Waals surface area contributed by atoms with Crippen molar-refractivity contribution in [1.29, 1.82) is 0 Å². The van der Waals surface area contributed by atoms with Crippen LogP contribution in [-0.4, -0.2) is 22.6 Å². The summed E-state index contributed by atoms with van der Waals surface area (Å²) in [4.78, 5) is 11.0. The van der Waals surface area contributed by atoms with Gasteiger partial charge in [-0.2, -0.15) is 0 Å². The average molecular weight is 236 g/mol. The van der Waals surface area contributed by atoms with Crippen LogP contribution in [0.15, 0.2) is 12.4 Å². The van der Waals surface area contributed by atoms with Crippen LogP contribution in [0.25, 0.3) is 0 Å². The van der Waals surface area contributed by atoms with E-state index in [0.717, 1.165) is 18.1 Å². The zero-order chi connectivity index (χ0) is 12.7. The van der Waals surface area contributed by atoms with Crippen molar-refractivity contribution in [3.8, 4) is 0 Å². The minimum Gasteiger partial charge on any atom is -0.353 e. The second-order valence-electron chi connectivity index (χ2n) is 4.56. The molecule has 0 spiro atoms. The first kappa shape index (κ1) is 13.9. The Bertz CT molecular complexity index is 308. The minimum atomic E-state index is 0.449. The van der Waals surface area contributed by atoms with Crippen molar-refractivity contribution in [3.05, 3.63) is 18.1 Å². The fraction of sp³-hybridized carbons (Fsp3) is 0.692. The monoisotopic (exact) mass is 236 g/mol. The molecule has 4 nitrogen and oxygen atoms in total. The zero-order valence-electron chi connectivity index (χ0n) is 11.2. The topological polar surface area (TPSA) is 55.0 Å². The van der Waals surface area contributed by atoms with Crippen molar-refractivity contribution in [3.63, 3.8) is 0 Å². The van der Waals surface area contributed by atoms with E-state index in [2.05, 4.69) is 35.6 Å². The molecule has 1 aromatic heterocycles. The third-order valence-electron chi connectivity index (χ3n) is 2.82. The fourth-order valence-electron chi connectivity index (χ4n) is 1.77. The number of unbranched alkanes of at least 4 members (excludes halogenated alkanes) is 2. The molecular weight excluding hydrogens is 212 g/mol. The van der Waals surface area contributed by atoms with E-state index < -0.39 is 0 Å². The van der Waals surface area contributed by atoms with E-state index >= 15 is 0 Å². The molecule has 0 amide bonds. The summed E-state index contributed by atoms with van der Waals surface area (Å²) in [5, 5.41) is 0. The standard InChI is InChI=1S/C13H24N4/c1-4-5-6-7-17(11(2)3)13-10-15-12(8-14)9-16-13/h9-11H,4-8,14H2,1-3H3. The maximum absolute atomic E-state index is 5.52. The molecule has 0 aliphatic rings. The van der Waals surface area contributed by atoms with Crippen molar-refractivity contribution in [2.24, 2.45) is 5.73 Å². The Morgan fingerprint density at radius 3 is 2.47 bits per heavy atom. The Morgan fingerprint density at radius 1 is 1.24 bits per heavy atom. The van der Waals surface area contributed by atoms with E-state index in [9.17, 15) is 0 Å². The zero-order valence-corrected chi connectivity index (χ0v) is 11.2.